The maximum absolute atomic E-state index is 8.52. The van der Waals surface area contributed by atoms with Crippen molar-refractivity contribution in [1.82, 2.24) is 0 Å². The van der Waals surface area contributed by atoms with Gasteiger partial charge in [-0.15, -0.1) is 0 Å². The molecule has 1 unspecified atom stereocenters. The highest BCUT2D eigenvalue weighted by Gasteiger charge is 2.07. The van der Waals surface area contributed by atoms with Gasteiger partial charge in [-0.1, -0.05) is 30.3 Å². The minimum absolute atomic E-state index is 0.300. The van der Waals surface area contributed by atoms with Gasteiger partial charge in [0.25, 0.3) is 6.48 Å². The Labute approximate surface area is 71.2 Å². The van der Waals surface area contributed by atoms with E-state index < -0.39 is 6.48 Å². The van der Waals surface area contributed by atoms with Gasteiger partial charge in [0.1, 0.15) is 0 Å². The first-order valence-electron chi connectivity index (χ1n) is 3.76. The molecule has 12 heavy (non-hydrogen) atoms. The molecule has 1 aromatic carbocycles. The Bertz CT molecular complexity index is 220. The number of hydrogen-bond donors (Lipinski definition) is 2. The summed E-state index contributed by atoms with van der Waals surface area (Å²) in [6, 6.07) is 9.38. The molecule has 0 fully saturated rings. The van der Waals surface area contributed by atoms with Gasteiger partial charge in [0.2, 0.25) is 0 Å². The van der Waals surface area contributed by atoms with Crippen LogP contribution in [0, 0.1) is 0 Å². The molecule has 3 heteroatoms. The summed E-state index contributed by atoms with van der Waals surface area (Å²) >= 11 is 0. The van der Waals surface area contributed by atoms with E-state index in [1.165, 1.54) is 0 Å². The molecule has 0 saturated heterocycles. The van der Waals surface area contributed by atoms with Crippen LogP contribution in [0.25, 0.3) is 0 Å². The molecule has 0 spiro atoms. The van der Waals surface area contributed by atoms with Crippen molar-refractivity contribution in [1.29, 1.82) is 0 Å². The van der Waals surface area contributed by atoms with E-state index in [1.54, 1.807) is 6.92 Å². The second-order valence-corrected chi connectivity index (χ2v) is 2.52. The quantitative estimate of drug-likeness (QED) is 0.663. The zero-order valence-corrected chi connectivity index (χ0v) is 6.84. The van der Waals surface area contributed by atoms with E-state index in [-0.39, 0.29) is 6.10 Å². The molecular formula is C9H12O3. The Morgan fingerprint density at radius 3 is 2.25 bits per heavy atom. The van der Waals surface area contributed by atoms with Gasteiger partial charge in [-0.25, -0.2) is 0 Å². The van der Waals surface area contributed by atoms with Gasteiger partial charge in [0.15, 0.2) is 0 Å². The van der Waals surface area contributed by atoms with Gasteiger partial charge in [-0.3, -0.25) is 0 Å². The molecule has 0 aliphatic rings. The molecule has 0 bridgehead atoms. The lowest BCUT2D eigenvalue weighted by Crippen LogP contribution is -2.13. The predicted octanol–water partition coefficient (Wildman–Crippen LogP) is 1.03. The van der Waals surface area contributed by atoms with Gasteiger partial charge >= 0.3 is 0 Å². The first-order valence-corrected chi connectivity index (χ1v) is 3.76. The van der Waals surface area contributed by atoms with Crippen molar-refractivity contribution in [3.63, 3.8) is 0 Å². The van der Waals surface area contributed by atoms with Crippen LogP contribution < -0.4 is 0 Å². The Kier molecular flexibility index (Phi) is 3.22. The van der Waals surface area contributed by atoms with Crippen LogP contribution in [0.4, 0.5) is 0 Å². The van der Waals surface area contributed by atoms with Gasteiger partial charge < -0.3 is 14.9 Å². The van der Waals surface area contributed by atoms with Crippen molar-refractivity contribution in [2.24, 2.45) is 0 Å². The SMILES string of the molecule is CC(OC(O)O)c1ccccc1. The van der Waals surface area contributed by atoms with Gasteiger partial charge in [0.05, 0.1) is 6.10 Å². The van der Waals surface area contributed by atoms with Crippen molar-refractivity contribution in [3.05, 3.63) is 35.9 Å². The molecule has 1 rings (SSSR count). The van der Waals surface area contributed by atoms with Crippen LogP contribution in [0.5, 0.6) is 0 Å². The molecule has 0 saturated carbocycles. The van der Waals surface area contributed by atoms with Crippen LogP contribution in [0.1, 0.15) is 18.6 Å². The molecule has 3 nitrogen and oxygen atoms in total. The van der Waals surface area contributed by atoms with Crippen LogP contribution in [0.15, 0.2) is 30.3 Å². The zero-order chi connectivity index (χ0) is 8.97. The first kappa shape index (κ1) is 9.19. The summed E-state index contributed by atoms with van der Waals surface area (Å²) < 4.78 is 4.75. The van der Waals surface area contributed by atoms with Crippen molar-refractivity contribution in [2.45, 2.75) is 19.5 Å². The minimum atomic E-state index is -1.71. The molecular weight excluding hydrogens is 156 g/mol. The number of ether oxygens (including phenoxy) is 1. The molecule has 1 atom stereocenters. The third-order valence-corrected chi connectivity index (χ3v) is 1.59. The summed E-state index contributed by atoms with van der Waals surface area (Å²) in [5, 5.41) is 17.0. The molecule has 0 heterocycles. The second-order valence-electron chi connectivity index (χ2n) is 2.52. The minimum Gasteiger partial charge on any atom is -0.346 e. The molecule has 0 amide bonds. The van der Waals surface area contributed by atoms with E-state index in [0.717, 1.165) is 5.56 Å². The van der Waals surface area contributed by atoms with Crippen molar-refractivity contribution < 1.29 is 14.9 Å². The Hall–Kier alpha value is -0.900. The van der Waals surface area contributed by atoms with E-state index in [9.17, 15) is 0 Å². The highest BCUT2D eigenvalue weighted by molar-refractivity contribution is 5.16. The molecule has 0 radical (unpaired) electrons. The third kappa shape index (κ3) is 2.62. The smallest absolute Gasteiger partial charge is 0.267 e. The number of benzene rings is 1. The summed E-state index contributed by atoms with van der Waals surface area (Å²) in [6.45, 7) is 0.0506. The van der Waals surface area contributed by atoms with Crippen LogP contribution in [-0.4, -0.2) is 16.7 Å². The van der Waals surface area contributed by atoms with Crippen LogP contribution in [0.2, 0.25) is 0 Å². The standard InChI is InChI=1S/C9H12O3/c1-7(12-9(10)11)8-5-3-2-4-6-8/h2-7,9-11H,1H3. The van der Waals surface area contributed by atoms with Gasteiger partial charge in [0, 0.05) is 0 Å². The van der Waals surface area contributed by atoms with E-state index in [0.29, 0.717) is 0 Å². The first-order chi connectivity index (χ1) is 5.70. The maximum Gasteiger partial charge on any atom is 0.267 e. The monoisotopic (exact) mass is 168 g/mol. The largest absolute Gasteiger partial charge is 0.346 e. The fourth-order valence-electron chi connectivity index (χ4n) is 0.985. The highest BCUT2D eigenvalue weighted by atomic mass is 16.7. The number of hydrogen-bond acceptors (Lipinski definition) is 3. The highest BCUT2D eigenvalue weighted by Crippen LogP contribution is 2.16. The number of rotatable bonds is 3. The van der Waals surface area contributed by atoms with Crippen LogP contribution >= 0.6 is 0 Å². The summed E-state index contributed by atoms with van der Waals surface area (Å²) in [4.78, 5) is 0. The van der Waals surface area contributed by atoms with Gasteiger partial charge in [-0.05, 0) is 12.5 Å². The number of aliphatic hydroxyl groups excluding tert-OH is 1. The average molecular weight is 168 g/mol. The van der Waals surface area contributed by atoms with E-state index in [4.69, 9.17) is 14.9 Å². The lowest BCUT2D eigenvalue weighted by atomic mass is 10.1. The lowest BCUT2D eigenvalue weighted by Gasteiger charge is -2.13. The van der Waals surface area contributed by atoms with E-state index in [1.807, 2.05) is 30.3 Å². The zero-order valence-electron chi connectivity index (χ0n) is 6.84. The second kappa shape index (κ2) is 4.21. The summed E-state index contributed by atoms with van der Waals surface area (Å²) in [6.07, 6.45) is -0.300. The maximum atomic E-state index is 8.52. The van der Waals surface area contributed by atoms with Crippen LogP contribution in [0.3, 0.4) is 0 Å². The number of aliphatic hydroxyl groups is 2. The van der Waals surface area contributed by atoms with Crippen LogP contribution in [-0.2, 0) is 4.74 Å². The van der Waals surface area contributed by atoms with Crippen molar-refractivity contribution >= 4 is 0 Å². The Morgan fingerprint density at radius 1 is 1.17 bits per heavy atom. The summed E-state index contributed by atoms with van der Waals surface area (Å²) in [5.74, 6) is 0. The summed E-state index contributed by atoms with van der Waals surface area (Å²) in [5.41, 5.74) is 0.922. The van der Waals surface area contributed by atoms with Gasteiger partial charge in [-0.2, -0.15) is 0 Å². The molecule has 1 aromatic rings. The molecule has 66 valence electrons. The topological polar surface area (TPSA) is 49.7 Å². The van der Waals surface area contributed by atoms with E-state index >= 15 is 0 Å². The fourth-order valence-corrected chi connectivity index (χ4v) is 0.985. The fraction of sp³-hybridized carbons (Fsp3) is 0.333. The lowest BCUT2D eigenvalue weighted by molar-refractivity contribution is -0.254. The van der Waals surface area contributed by atoms with Crippen molar-refractivity contribution in [2.75, 3.05) is 0 Å². The molecule has 0 aromatic heterocycles. The van der Waals surface area contributed by atoms with Crippen molar-refractivity contribution in [3.8, 4) is 0 Å². The Balaban J connectivity index is 2.59. The normalized spacial score (nSPS) is 13.3. The Morgan fingerprint density at radius 2 is 1.75 bits per heavy atom. The molecule has 0 aliphatic carbocycles. The molecule has 0 aliphatic heterocycles. The summed E-state index contributed by atoms with van der Waals surface area (Å²) in [7, 11) is 0. The third-order valence-electron chi connectivity index (χ3n) is 1.59. The van der Waals surface area contributed by atoms with E-state index in [2.05, 4.69) is 0 Å². The predicted molar refractivity (Wildman–Crippen MR) is 44.2 cm³/mol. The average Bonchev–Trinajstić information content (AvgIpc) is 2.05. The molecule has 2 N–H and O–H groups in total.